The van der Waals surface area contributed by atoms with E-state index in [0.717, 1.165) is 16.0 Å². The first-order chi connectivity index (χ1) is 9.19. The van der Waals surface area contributed by atoms with Gasteiger partial charge in [0.25, 0.3) is 5.56 Å². The molecule has 2 aromatic rings. The van der Waals surface area contributed by atoms with Gasteiger partial charge in [0.2, 0.25) is 0 Å². The standard InChI is InChI=1S/C13H15BrN2O2S/c1-18-7-6-16-9-10(2-5-13(16)17)15-8-11-3-4-12(14)19-11/h2-5,9,15H,6-8H2,1H3. The van der Waals surface area contributed by atoms with Crippen LogP contribution in [0.5, 0.6) is 0 Å². The molecular formula is C13H15BrN2O2S. The fraction of sp³-hybridized carbons (Fsp3) is 0.308. The molecule has 2 aromatic heterocycles. The summed E-state index contributed by atoms with van der Waals surface area (Å²) in [4.78, 5) is 12.9. The Labute approximate surface area is 124 Å². The number of pyridine rings is 1. The molecule has 0 saturated heterocycles. The van der Waals surface area contributed by atoms with Crippen molar-refractivity contribution in [3.8, 4) is 0 Å². The summed E-state index contributed by atoms with van der Waals surface area (Å²) in [6.07, 6.45) is 1.82. The normalized spacial score (nSPS) is 10.6. The zero-order chi connectivity index (χ0) is 13.7. The molecule has 4 nitrogen and oxygen atoms in total. The van der Waals surface area contributed by atoms with Crippen LogP contribution in [0.4, 0.5) is 5.69 Å². The minimum atomic E-state index is -0.0125. The number of thiophene rings is 1. The Balaban J connectivity index is 2.02. The van der Waals surface area contributed by atoms with E-state index >= 15 is 0 Å². The topological polar surface area (TPSA) is 43.3 Å². The summed E-state index contributed by atoms with van der Waals surface area (Å²) >= 11 is 5.13. The minimum Gasteiger partial charge on any atom is -0.383 e. The average molecular weight is 343 g/mol. The number of anilines is 1. The van der Waals surface area contributed by atoms with Crippen molar-refractivity contribution in [2.75, 3.05) is 19.0 Å². The Morgan fingerprint density at radius 2 is 2.21 bits per heavy atom. The molecule has 0 aromatic carbocycles. The summed E-state index contributed by atoms with van der Waals surface area (Å²) in [5.41, 5.74) is 0.918. The van der Waals surface area contributed by atoms with E-state index in [-0.39, 0.29) is 5.56 Å². The largest absolute Gasteiger partial charge is 0.383 e. The molecule has 0 fully saturated rings. The highest BCUT2D eigenvalue weighted by Crippen LogP contribution is 2.22. The van der Waals surface area contributed by atoms with Gasteiger partial charge < -0.3 is 14.6 Å². The molecule has 0 unspecified atom stereocenters. The van der Waals surface area contributed by atoms with Crippen LogP contribution in [0.2, 0.25) is 0 Å². The van der Waals surface area contributed by atoms with Crippen molar-refractivity contribution in [1.82, 2.24) is 4.57 Å². The Hall–Kier alpha value is -1.11. The number of rotatable bonds is 6. The highest BCUT2D eigenvalue weighted by Gasteiger charge is 2.00. The monoisotopic (exact) mass is 342 g/mol. The molecule has 2 rings (SSSR count). The van der Waals surface area contributed by atoms with Gasteiger partial charge in [0.15, 0.2) is 0 Å². The van der Waals surface area contributed by atoms with Crippen LogP contribution < -0.4 is 10.9 Å². The molecule has 0 atom stereocenters. The second-order valence-corrected chi connectivity index (χ2v) is 6.55. The van der Waals surface area contributed by atoms with Crippen molar-refractivity contribution in [2.45, 2.75) is 13.1 Å². The van der Waals surface area contributed by atoms with E-state index in [0.29, 0.717) is 13.2 Å². The highest BCUT2D eigenvalue weighted by molar-refractivity contribution is 9.11. The van der Waals surface area contributed by atoms with E-state index in [1.807, 2.05) is 12.3 Å². The molecule has 0 radical (unpaired) electrons. The van der Waals surface area contributed by atoms with E-state index in [9.17, 15) is 4.79 Å². The van der Waals surface area contributed by atoms with Crippen LogP contribution in [0, 0.1) is 0 Å². The maximum Gasteiger partial charge on any atom is 0.250 e. The summed E-state index contributed by atoms with van der Waals surface area (Å²) in [5, 5.41) is 3.31. The van der Waals surface area contributed by atoms with Gasteiger partial charge in [-0.3, -0.25) is 4.79 Å². The number of methoxy groups -OCH3 is 1. The summed E-state index contributed by atoms with van der Waals surface area (Å²) in [6.45, 7) is 1.84. The van der Waals surface area contributed by atoms with Crippen LogP contribution in [0.25, 0.3) is 0 Å². The second-order valence-electron chi connectivity index (χ2n) is 4.00. The molecule has 1 N–H and O–H groups in total. The van der Waals surface area contributed by atoms with Crippen LogP contribution in [0.15, 0.2) is 39.0 Å². The molecule has 6 heteroatoms. The molecule has 0 aliphatic carbocycles. The zero-order valence-corrected chi connectivity index (χ0v) is 13.0. The predicted molar refractivity (Wildman–Crippen MR) is 81.9 cm³/mol. The van der Waals surface area contributed by atoms with Gasteiger partial charge in [-0.25, -0.2) is 0 Å². The molecule has 0 bridgehead atoms. The molecular weight excluding hydrogens is 328 g/mol. The Morgan fingerprint density at radius 3 is 2.89 bits per heavy atom. The predicted octanol–water partition coefficient (Wildman–Crippen LogP) is 2.93. The summed E-state index contributed by atoms with van der Waals surface area (Å²) in [5.74, 6) is 0. The lowest BCUT2D eigenvalue weighted by Crippen LogP contribution is -2.21. The van der Waals surface area contributed by atoms with E-state index in [4.69, 9.17) is 4.74 Å². The van der Waals surface area contributed by atoms with Gasteiger partial charge in [-0.15, -0.1) is 11.3 Å². The summed E-state index contributed by atoms with van der Waals surface area (Å²) < 4.78 is 7.76. The fourth-order valence-corrected chi connectivity index (χ4v) is 3.06. The van der Waals surface area contributed by atoms with Crippen LogP contribution in [0.3, 0.4) is 0 Å². The van der Waals surface area contributed by atoms with Crippen LogP contribution in [-0.4, -0.2) is 18.3 Å². The van der Waals surface area contributed by atoms with Gasteiger partial charge in [0, 0.05) is 37.3 Å². The van der Waals surface area contributed by atoms with Crippen molar-refractivity contribution < 1.29 is 4.74 Å². The van der Waals surface area contributed by atoms with Gasteiger partial charge >= 0.3 is 0 Å². The van der Waals surface area contributed by atoms with Crippen molar-refractivity contribution in [3.63, 3.8) is 0 Å². The third kappa shape index (κ3) is 4.19. The number of nitrogens with one attached hydrogen (secondary N) is 1. The molecule has 19 heavy (non-hydrogen) atoms. The van der Waals surface area contributed by atoms with Crippen LogP contribution in [0.1, 0.15) is 4.88 Å². The Morgan fingerprint density at radius 1 is 1.37 bits per heavy atom. The van der Waals surface area contributed by atoms with Gasteiger partial charge in [-0.1, -0.05) is 0 Å². The number of nitrogens with zero attached hydrogens (tertiary/aromatic N) is 1. The SMILES string of the molecule is COCCn1cc(NCc2ccc(Br)s2)ccc1=O. The smallest absolute Gasteiger partial charge is 0.250 e. The van der Waals surface area contributed by atoms with Gasteiger partial charge in [-0.05, 0) is 34.1 Å². The van der Waals surface area contributed by atoms with E-state index in [1.165, 1.54) is 4.88 Å². The Bertz CT molecular complexity index is 594. The lowest BCUT2D eigenvalue weighted by atomic mass is 10.3. The molecule has 0 aliphatic heterocycles. The molecule has 0 saturated carbocycles. The van der Waals surface area contributed by atoms with Crippen LogP contribution >= 0.6 is 27.3 Å². The van der Waals surface area contributed by atoms with E-state index < -0.39 is 0 Å². The lowest BCUT2D eigenvalue weighted by Gasteiger charge is -2.09. The molecule has 2 heterocycles. The zero-order valence-electron chi connectivity index (χ0n) is 10.6. The van der Waals surface area contributed by atoms with Crippen molar-refractivity contribution in [1.29, 1.82) is 0 Å². The van der Waals surface area contributed by atoms with Gasteiger partial charge in [0.05, 0.1) is 16.1 Å². The number of hydrogen-bond acceptors (Lipinski definition) is 4. The number of ether oxygens (including phenoxy) is 1. The fourth-order valence-electron chi connectivity index (χ4n) is 1.64. The average Bonchev–Trinajstić information content (AvgIpc) is 2.82. The maximum atomic E-state index is 11.6. The van der Waals surface area contributed by atoms with Crippen LogP contribution in [-0.2, 0) is 17.8 Å². The maximum absolute atomic E-state index is 11.6. The number of halogens is 1. The van der Waals surface area contributed by atoms with Crippen molar-refractivity contribution in [3.05, 3.63) is 49.5 Å². The van der Waals surface area contributed by atoms with E-state index in [2.05, 4.69) is 27.3 Å². The lowest BCUT2D eigenvalue weighted by molar-refractivity contribution is 0.186. The third-order valence-corrected chi connectivity index (χ3v) is 4.24. The number of hydrogen-bond donors (Lipinski definition) is 1. The quantitative estimate of drug-likeness (QED) is 0.877. The molecule has 0 aliphatic rings. The van der Waals surface area contributed by atoms with Crippen molar-refractivity contribution in [2.24, 2.45) is 0 Å². The second kappa shape index (κ2) is 6.88. The minimum absolute atomic E-state index is 0.0125. The highest BCUT2D eigenvalue weighted by atomic mass is 79.9. The van der Waals surface area contributed by atoms with Crippen molar-refractivity contribution >= 4 is 33.0 Å². The first kappa shape index (κ1) is 14.3. The Kier molecular flexibility index (Phi) is 5.18. The molecule has 102 valence electrons. The third-order valence-electron chi connectivity index (χ3n) is 2.62. The molecule has 0 spiro atoms. The first-order valence-corrected chi connectivity index (χ1v) is 7.47. The number of aromatic nitrogens is 1. The van der Waals surface area contributed by atoms with E-state index in [1.54, 1.807) is 35.1 Å². The summed E-state index contributed by atoms with van der Waals surface area (Å²) in [6, 6.07) is 7.47. The van der Waals surface area contributed by atoms with Gasteiger partial charge in [-0.2, -0.15) is 0 Å². The first-order valence-electron chi connectivity index (χ1n) is 5.86. The summed E-state index contributed by atoms with van der Waals surface area (Å²) in [7, 11) is 1.63. The van der Waals surface area contributed by atoms with Gasteiger partial charge in [0.1, 0.15) is 0 Å². The molecule has 0 amide bonds.